The number of hydrogen-bond donors (Lipinski definition) is 1. The predicted octanol–water partition coefficient (Wildman–Crippen LogP) is 1.15. The fraction of sp³-hybridized carbons (Fsp3) is 0.714. The SMILES string of the molecule is C/C=C(/CNC)OCC. The van der Waals surface area contributed by atoms with Gasteiger partial charge in [0.15, 0.2) is 0 Å². The van der Waals surface area contributed by atoms with Gasteiger partial charge < -0.3 is 10.1 Å². The Kier molecular flexibility index (Phi) is 5.32. The van der Waals surface area contributed by atoms with Gasteiger partial charge in [-0.05, 0) is 27.0 Å². The van der Waals surface area contributed by atoms with Crippen molar-refractivity contribution >= 4 is 0 Å². The maximum Gasteiger partial charge on any atom is 0.105 e. The van der Waals surface area contributed by atoms with Crippen LogP contribution in [0.4, 0.5) is 0 Å². The van der Waals surface area contributed by atoms with Crippen LogP contribution in [0.15, 0.2) is 11.8 Å². The summed E-state index contributed by atoms with van der Waals surface area (Å²) in [4.78, 5) is 0. The molecule has 0 aliphatic rings. The third-order valence-electron chi connectivity index (χ3n) is 1.00. The molecule has 0 aromatic carbocycles. The molecule has 0 aliphatic carbocycles. The normalized spacial score (nSPS) is 11.7. The van der Waals surface area contributed by atoms with Crippen LogP contribution in [-0.4, -0.2) is 20.2 Å². The van der Waals surface area contributed by atoms with Gasteiger partial charge >= 0.3 is 0 Å². The molecule has 0 saturated heterocycles. The average molecular weight is 129 g/mol. The third-order valence-corrected chi connectivity index (χ3v) is 1.00. The molecule has 9 heavy (non-hydrogen) atoms. The standard InChI is InChI=1S/C7H15NO/c1-4-7(6-8-3)9-5-2/h4,8H,5-6H2,1-3H3/b7-4-. The summed E-state index contributed by atoms with van der Waals surface area (Å²) in [5.41, 5.74) is 0. The topological polar surface area (TPSA) is 21.3 Å². The number of nitrogens with one attached hydrogen (secondary N) is 1. The molecular formula is C7H15NO. The van der Waals surface area contributed by atoms with Crippen molar-refractivity contribution < 1.29 is 4.74 Å². The molecule has 2 nitrogen and oxygen atoms in total. The first-order valence-corrected chi connectivity index (χ1v) is 3.27. The summed E-state index contributed by atoms with van der Waals surface area (Å²) in [6.45, 7) is 5.53. The highest BCUT2D eigenvalue weighted by Gasteiger charge is 1.89. The van der Waals surface area contributed by atoms with Crippen molar-refractivity contribution in [1.29, 1.82) is 0 Å². The fourth-order valence-electron chi connectivity index (χ4n) is 0.596. The van der Waals surface area contributed by atoms with Crippen LogP contribution < -0.4 is 5.32 Å². The highest BCUT2D eigenvalue weighted by Crippen LogP contribution is 1.92. The summed E-state index contributed by atoms with van der Waals surface area (Å²) >= 11 is 0. The van der Waals surface area contributed by atoms with E-state index in [1.807, 2.05) is 27.0 Å². The lowest BCUT2D eigenvalue weighted by molar-refractivity contribution is 0.222. The van der Waals surface area contributed by atoms with Gasteiger partial charge in [-0.15, -0.1) is 0 Å². The summed E-state index contributed by atoms with van der Waals surface area (Å²) in [7, 11) is 1.91. The Hall–Kier alpha value is -0.500. The van der Waals surface area contributed by atoms with Crippen LogP contribution in [-0.2, 0) is 4.74 Å². The molecule has 0 spiro atoms. The molecule has 0 unspecified atom stereocenters. The molecule has 0 rings (SSSR count). The van der Waals surface area contributed by atoms with Crippen LogP contribution in [0.1, 0.15) is 13.8 Å². The number of allylic oxidation sites excluding steroid dienone is 1. The lowest BCUT2D eigenvalue weighted by atomic mass is 10.4. The Morgan fingerprint density at radius 2 is 2.33 bits per heavy atom. The molecule has 0 aliphatic heterocycles. The maximum atomic E-state index is 5.23. The molecule has 0 aromatic rings. The number of hydrogen-bond acceptors (Lipinski definition) is 2. The number of rotatable bonds is 4. The molecule has 0 bridgehead atoms. The smallest absolute Gasteiger partial charge is 0.105 e. The van der Waals surface area contributed by atoms with Crippen LogP contribution in [0.3, 0.4) is 0 Å². The van der Waals surface area contributed by atoms with Crippen molar-refractivity contribution in [3.05, 3.63) is 11.8 Å². The number of likely N-dealkylation sites (N-methyl/N-ethyl adjacent to an activating group) is 1. The minimum Gasteiger partial charge on any atom is -0.497 e. The molecule has 0 fully saturated rings. The molecular weight excluding hydrogens is 114 g/mol. The Morgan fingerprint density at radius 1 is 1.67 bits per heavy atom. The molecule has 0 radical (unpaired) electrons. The Bertz CT molecular complexity index is 80.9. The van der Waals surface area contributed by atoms with E-state index in [-0.39, 0.29) is 0 Å². The van der Waals surface area contributed by atoms with Gasteiger partial charge in [-0.1, -0.05) is 0 Å². The minimum atomic E-state index is 0.751. The molecule has 0 amide bonds. The lowest BCUT2D eigenvalue weighted by Gasteiger charge is -2.05. The Balaban J connectivity index is 3.43. The van der Waals surface area contributed by atoms with Crippen LogP contribution >= 0.6 is 0 Å². The zero-order chi connectivity index (χ0) is 7.11. The molecule has 0 atom stereocenters. The van der Waals surface area contributed by atoms with E-state index in [1.165, 1.54) is 0 Å². The summed E-state index contributed by atoms with van der Waals surface area (Å²) in [5.74, 6) is 1.01. The molecule has 0 saturated carbocycles. The second-order valence-corrected chi connectivity index (χ2v) is 1.72. The van der Waals surface area contributed by atoms with E-state index >= 15 is 0 Å². The van der Waals surface area contributed by atoms with Crippen molar-refractivity contribution in [2.24, 2.45) is 0 Å². The van der Waals surface area contributed by atoms with Crippen molar-refractivity contribution in [3.63, 3.8) is 0 Å². The van der Waals surface area contributed by atoms with E-state index in [1.54, 1.807) is 0 Å². The average Bonchev–Trinajstić information content (AvgIpc) is 1.88. The van der Waals surface area contributed by atoms with Crippen molar-refractivity contribution in [3.8, 4) is 0 Å². The van der Waals surface area contributed by atoms with Gasteiger partial charge in [-0.2, -0.15) is 0 Å². The first kappa shape index (κ1) is 8.50. The quantitative estimate of drug-likeness (QED) is 0.575. The van der Waals surface area contributed by atoms with Crippen molar-refractivity contribution in [2.75, 3.05) is 20.2 Å². The summed E-state index contributed by atoms with van der Waals surface area (Å²) in [5, 5.41) is 3.01. The van der Waals surface area contributed by atoms with Crippen molar-refractivity contribution in [1.82, 2.24) is 5.32 Å². The van der Waals surface area contributed by atoms with E-state index in [4.69, 9.17) is 4.74 Å². The van der Waals surface area contributed by atoms with E-state index in [9.17, 15) is 0 Å². The fourth-order valence-corrected chi connectivity index (χ4v) is 0.596. The summed E-state index contributed by atoms with van der Waals surface area (Å²) < 4.78 is 5.23. The molecule has 0 aromatic heterocycles. The van der Waals surface area contributed by atoms with Crippen LogP contribution in [0.5, 0.6) is 0 Å². The lowest BCUT2D eigenvalue weighted by Crippen LogP contribution is -2.12. The molecule has 54 valence electrons. The minimum absolute atomic E-state index is 0.751. The van der Waals surface area contributed by atoms with Gasteiger partial charge in [0.25, 0.3) is 0 Å². The largest absolute Gasteiger partial charge is 0.497 e. The zero-order valence-electron chi connectivity index (χ0n) is 6.40. The van der Waals surface area contributed by atoms with E-state index < -0.39 is 0 Å². The molecule has 1 N–H and O–H groups in total. The summed E-state index contributed by atoms with van der Waals surface area (Å²) in [6.07, 6.45) is 1.97. The van der Waals surface area contributed by atoms with Gasteiger partial charge in [0.2, 0.25) is 0 Å². The number of ether oxygens (including phenoxy) is 1. The van der Waals surface area contributed by atoms with Crippen LogP contribution in [0.2, 0.25) is 0 Å². The first-order valence-electron chi connectivity index (χ1n) is 3.27. The van der Waals surface area contributed by atoms with E-state index in [2.05, 4.69) is 5.32 Å². The Morgan fingerprint density at radius 3 is 2.67 bits per heavy atom. The third kappa shape index (κ3) is 4.03. The first-order chi connectivity index (χ1) is 4.35. The maximum absolute atomic E-state index is 5.23. The molecule has 2 heteroatoms. The van der Waals surface area contributed by atoms with Crippen LogP contribution in [0.25, 0.3) is 0 Å². The van der Waals surface area contributed by atoms with Gasteiger partial charge in [-0.25, -0.2) is 0 Å². The molecule has 0 heterocycles. The van der Waals surface area contributed by atoms with Crippen molar-refractivity contribution in [2.45, 2.75) is 13.8 Å². The monoisotopic (exact) mass is 129 g/mol. The predicted molar refractivity (Wildman–Crippen MR) is 39.3 cm³/mol. The van der Waals surface area contributed by atoms with Gasteiger partial charge in [-0.3, -0.25) is 0 Å². The summed E-state index contributed by atoms with van der Waals surface area (Å²) in [6, 6.07) is 0. The van der Waals surface area contributed by atoms with Gasteiger partial charge in [0.05, 0.1) is 13.2 Å². The zero-order valence-corrected chi connectivity index (χ0v) is 6.40. The second-order valence-electron chi connectivity index (χ2n) is 1.72. The second kappa shape index (κ2) is 5.63. The van der Waals surface area contributed by atoms with Crippen LogP contribution in [0, 0.1) is 0 Å². The highest BCUT2D eigenvalue weighted by molar-refractivity contribution is 4.91. The van der Waals surface area contributed by atoms with Gasteiger partial charge in [0.1, 0.15) is 5.76 Å². The highest BCUT2D eigenvalue weighted by atomic mass is 16.5. The van der Waals surface area contributed by atoms with E-state index in [0.717, 1.165) is 18.9 Å². The van der Waals surface area contributed by atoms with Gasteiger partial charge in [0, 0.05) is 0 Å². The Labute approximate surface area is 56.9 Å². The van der Waals surface area contributed by atoms with E-state index in [0.29, 0.717) is 0 Å².